The Hall–Kier alpha value is -3.11. The van der Waals surface area contributed by atoms with Crippen LogP contribution in [0.5, 0.6) is 5.75 Å². The van der Waals surface area contributed by atoms with Crippen molar-refractivity contribution in [3.8, 4) is 5.75 Å². The molecule has 0 spiro atoms. The predicted molar refractivity (Wildman–Crippen MR) is 128 cm³/mol. The minimum atomic E-state index is 0.141. The molecular weight excluding hydrogens is 440 g/mol. The molecule has 1 atom stereocenters. The monoisotopic (exact) mass is 468 g/mol. The fourth-order valence-electron chi connectivity index (χ4n) is 3.65. The number of nitrogens with one attached hydrogen (secondary N) is 2. The molecule has 0 radical (unpaired) electrons. The molecule has 4 rings (SSSR count). The molecule has 1 aliphatic rings. The van der Waals surface area contributed by atoms with Crippen LogP contribution in [0.15, 0.2) is 40.4 Å². The highest BCUT2D eigenvalue weighted by atomic mass is 32.2. The van der Waals surface area contributed by atoms with Gasteiger partial charge in [0.25, 0.3) is 0 Å². The van der Waals surface area contributed by atoms with Gasteiger partial charge in [-0.15, -0.1) is 0 Å². The summed E-state index contributed by atoms with van der Waals surface area (Å²) in [4.78, 5) is 24.2. The molecule has 1 fully saturated rings. The van der Waals surface area contributed by atoms with Crippen LogP contribution in [0.4, 0.5) is 17.5 Å². The number of Topliss-reactive ketones (excluding diaryl/α,β-unsaturated/α-hetero) is 1. The van der Waals surface area contributed by atoms with E-state index in [2.05, 4.69) is 27.3 Å². The standard InChI is InChI=1S/C23H28N6O3S/c1-14-11-19(28-27-14)24-21-20(31-4)22(29-9-10-32-13-15(29)2)26-23(25-21)33-18-7-5-17(6-8-18)12-16(3)30/h5-8,11,15H,9-10,12-13H2,1-4H3,(H2,24,25,26,27,28)/t15-/m1/s1. The van der Waals surface area contributed by atoms with Crippen LogP contribution in [0.2, 0.25) is 0 Å². The molecule has 10 heteroatoms. The van der Waals surface area contributed by atoms with Crippen molar-refractivity contribution in [1.82, 2.24) is 20.2 Å². The second kappa shape index (κ2) is 10.2. The van der Waals surface area contributed by atoms with Gasteiger partial charge in [0.05, 0.1) is 26.4 Å². The lowest BCUT2D eigenvalue weighted by molar-refractivity contribution is -0.116. The van der Waals surface area contributed by atoms with Crippen molar-refractivity contribution in [3.05, 3.63) is 41.6 Å². The van der Waals surface area contributed by atoms with Crippen LogP contribution < -0.4 is 15.0 Å². The van der Waals surface area contributed by atoms with Crippen LogP contribution in [0, 0.1) is 6.92 Å². The topological polar surface area (TPSA) is 105 Å². The normalized spacial score (nSPS) is 16.0. The zero-order chi connectivity index (χ0) is 23.4. The minimum absolute atomic E-state index is 0.141. The molecule has 0 amide bonds. The summed E-state index contributed by atoms with van der Waals surface area (Å²) in [6, 6.07) is 9.94. The Balaban J connectivity index is 1.70. The highest BCUT2D eigenvalue weighted by Crippen LogP contribution is 2.39. The van der Waals surface area contributed by atoms with Gasteiger partial charge in [-0.2, -0.15) is 5.10 Å². The van der Waals surface area contributed by atoms with Gasteiger partial charge >= 0.3 is 0 Å². The average molecular weight is 469 g/mol. The van der Waals surface area contributed by atoms with E-state index in [9.17, 15) is 4.79 Å². The van der Waals surface area contributed by atoms with Crippen LogP contribution in [-0.4, -0.2) is 58.9 Å². The maximum Gasteiger partial charge on any atom is 0.204 e. The van der Waals surface area contributed by atoms with Crippen molar-refractivity contribution in [2.24, 2.45) is 0 Å². The molecule has 1 saturated heterocycles. The Labute approximate surface area is 197 Å². The third-order valence-electron chi connectivity index (χ3n) is 5.21. The fourth-order valence-corrected chi connectivity index (χ4v) is 4.40. The van der Waals surface area contributed by atoms with Crippen LogP contribution in [-0.2, 0) is 16.0 Å². The molecule has 0 unspecified atom stereocenters. The zero-order valence-electron chi connectivity index (χ0n) is 19.2. The van der Waals surface area contributed by atoms with Crippen molar-refractivity contribution in [3.63, 3.8) is 0 Å². The lowest BCUT2D eigenvalue weighted by atomic mass is 10.1. The number of nitrogens with zero attached hydrogens (tertiary/aromatic N) is 4. The number of ketones is 1. The number of hydrogen-bond donors (Lipinski definition) is 2. The molecular formula is C23H28N6O3S. The van der Waals surface area contributed by atoms with Gasteiger partial charge in [-0.1, -0.05) is 12.1 Å². The number of anilines is 3. The number of H-pyrrole nitrogens is 1. The van der Waals surface area contributed by atoms with Gasteiger partial charge in [0, 0.05) is 29.6 Å². The average Bonchev–Trinajstić information content (AvgIpc) is 3.19. The molecule has 9 nitrogen and oxygen atoms in total. The first-order valence-electron chi connectivity index (χ1n) is 10.8. The maximum atomic E-state index is 11.4. The quantitative estimate of drug-likeness (QED) is 0.478. The summed E-state index contributed by atoms with van der Waals surface area (Å²) in [6.45, 7) is 7.59. The van der Waals surface area contributed by atoms with Gasteiger partial charge in [0.1, 0.15) is 5.78 Å². The molecule has 3 heterocycles. The van der Waals surface area contributed by atoms with E-state index in [0.29, 0.717) is 54.5 Å². The van der Waals surface area contributed by atoms with Crippen molar-refractivity contribution in [1.29, 1.82) is 0 Å². The van der Waals surface area contributed by atoms with E-state index in [4.69, 9.17) is 19.4 Å². The molecule has 1 aliphatic heterocycles. The summed E-state index contributed by atoms with van der Waals surface area (Å²) in [5.74, 6) is 2.61. The van der Waals surface area contributed by atoms with Gasteiger partial charge in [-0.25, -0.2) is 9.97 Å². The molecule has 3 aromatic rings. The van der Waals surface area contributed by atoms with E-state index in [1.54, 1.807) is 14.0 Å². The fraction of sp³-hybridized carbons (Fsp3) is 0.391. The number of rotatable bonds is 8. The largest absolute Gasteiger partial charge is 0.490 e. The Bertz CT molecular complexity index is 1120. The number of aryl methyl sites for hydroxylation is 1. The Kier molecular flexibility index (Phi) is 7.14. The number of ether oxygens (including phenoxy) is 2. The number of benzene rings is 1. The number of hydrogen-bond acceptors (Lipinski definition) is 9. The first kappa shape index (κ1) is 23.1. The summed E-state index contributed by atoms with van der Waals surface area (Å²) in [6.07, 6.45) is 0.431. The Morgan fingerprint density at radius 3 is 2.76 bits per heavy atom. The van der Waals surface area contributed by atoms with E-state index < -0.39 is 0 Å². The van der Waals surface area contributed by atoms with Crippen LogP contribution in [0.25, 0.3) is 0 Å². The maximum absolute atomic E-state index is 11.4. The third kappa shape index (κ3) is 5.63. The summed E-state index contributed by atoms with van der Waals surface area (Å²) >= 11 is 1.45. The molecule has 1 aromatic carbocycles. The number of methoxy groups -OCH3 is 1. The smallest absolute Gasteiger partial charge is 0.204 e. The highest BCUT2D eigenvalue weighted by molar-refractivity contribution is 7.99. The van der Waals surface area contributed by atoms with Crippen molar-refractivity contribution < 1.29 is 14.3 Å². The molecule has 0 saturated carbocycles. The van der Waals surface area contributed by atoms with Gasteiger partial charge in [-0.05, 0) is 50.2 Å². The number of aromatic amines is 1. The van der Waals surface area contributed by atoms with Crippen molar-refractivity contribution in [2.45, 2.75) is 43.3 Å². The second-order valence-corrected chi connectivity index (χ2v) is 9.06. The van der Waals surface area contributed by atoms with E-state index in [1.807, 2.05) is 37.3 Å². The summed E-state index contributed by atoms with van der Waals surface area (Å²) in [5.41, 5.74) is 1.93. The van der Waals surface area contributed by atoms with Gasteiger partial charge < -0.3 is 19.7 Å². The van der Waals surface area contributed by atoms with E-state index >= 15 is 0 Å². The first-order valence-corrected chi connectivity index (χ1v) is 11.6. The summed E-state index contributed by atoms with van der Waals surface area (Å²) < 4.78 is 11.4. The predicted octanol–water partition coefficient (Wildman–Crippen LogP) is 3.77. The molecule has 0 bridgehead atoms. The number of aromatic nitrogens is 4. The SMILES string of the molecule is COc1c(Nc2cc(C)[nH]n2)nc(Sc2ccc(CC(C)=O)cc2)nc1N1CCOC[C@H]1C. The van der Waals surface area contributed by atoms with Crippen LogP contribution in [0.3, 0.4) is 0 Å². The summed E-state index contributed by atoms with van der Waals surface area (Å²) in [7, 11) is 1.62. The number of morpholine rings is 1. The van der Waals surface area contributed by atoms with Crippen molar-refractivity contribution >= 4 is 35.0 Å². The van der Waals surface area contributed by atoms with Crippen LogP contribution >= 0.6 is 11.8 Å². The first-order chi connectivity index (χ1) is 15.9. The van der Waals surface area contributed by atoms with E-state index in [-0.39, 0.29) is 11.8 Å². The van der Waals surface area contributed by atoms with Gasteiger partial charge in [0.15, 0.2) is 22.6 Å². The lowest BCUT2D eigenvalue weighted by Gasteiger charge is -2.35. The van der Waals surface area contributed by atoms with Gasteiger partial charge in [0.2, 0.25) is 5.75 Å². The van der Waals surface area contributed by atoms with E-state index in [0.717, 1.165) is 16.2 Å². The van der Waals surface area contributed by atoms with Crippen molar-refractivity contribution in [2.75, 3.05) is 37.1 Å². The van der Waals surface area contributed by atoms with Crippen LogP contribution in [0.1, 0.15) is 25.1 Å². The highest BCUT2D eigenvalue weighted by Gasteiger charge is 2.27. The molecule has 2 aromatic heterocycles. The lowest BCUT2D eigenvalue weighted by Crippen LogP contribution is -2.44. The Morgan fingerprint density at radius 1 is 1.33 bits per heavy atom. The van der Waals surface area contributed by atoms with Gasteiger partial charge in [-0.3, -0.25) is 9.89 Å². The number of carbonyl (C=O) groups excluding carboxylic acids is 1. The third-order valence-corrected chi connectivity index (χ3v) is 6.08. The summed E-state index contributed by atoms with van der Waals surface area (Å²) in [5, 5.41) is 11.1. The molecule has 0 aliphatic carbocycles. The molecule has 33 heavy (non-hydrogen) atoms. The van der Waals surface area contributed by atoms with E-state index in [1.165, 1.54) is 11.8 Å². The number of carbonyl (C=O) groups is 1. The second-order valence-electron chi connectivity index (χ2n) is 8.01. The Morgan fingerprint density at radius 2 is 2.12 bits per heavy atom. The zero-order valence-corrected chi connectivity index (χ0v) is 20.0. The molecule has 2 N–H and O–H groups in total. The molecule has 174 valence electrons. The minimum Gasteiger partial charge on any atom is -0.490 e.